The Bertz CT molecular complexity index is 542. The summed E-state index contributed by atoms with van der Waals surface area (Å²) in [6.45, 7) is 0.00857. The van der Waals surface area contributed by atoms with Crippen LogP contribution in [-0.2, 0) is 9.53 Å². The van der Waals surface area contributed by atoms with Crippen molar-refractivity contribution in [2.24, 2.45) is 5.73 Å². The number of carbonyl (C=O) groups excluding carboxylic acids is 2. The van der Waals surface area contributed by atoms with Crippen LogP contribution < -0.4 is 11.1 Å². The zero-order chi connectivity index (χ0) is 15.0. The molecule has 1 aromatic heterocycles. The maximum atomic E-state index is 11.8. The molecule has 4 N–H and O–H groups in total. The van der Waals surface area contributed by atoms with Crippen LogP contribution >= 0.6 is 0 Å². The lowest BCUT2D eigenvalue weighted by Crippen LogP contribution is -2.30. The quantitative estimate of drug-likeness (QED) is 0.496. The van der Waals surface area contributed by atoms with Crippen LogP contribution in [0.1, 0.15) is 16.1 Å². The van der Waals surface area contributed by atoms with Crippen LogP contribution in [-0.4, -0.2) is 41.2 Å². The van der Waals surface area contributed by atoms with Gasteiger partial charge in [-0.3, -0.25) is 9.78 Å². The maximum absolute atomic E-state index is 11.8. The Kier molecular flexibility index (Phi) is 5.70. The first kappa shape index (κ1) is 15.2. The zero-order valence-electron chi connectivity index (χ0n) is 10.4. The first-order chi connectivity index (χ1) is 9.50. The Morgan fingerprint density at radius 2 is 2.20 bits per heavy atom. The molecule has 0 atom stereocenters. The minimum atomic E-state index is -1.13. The number of nitrogens with two attached hydrogens (primary N) is 1. The van der Waals surface area contributed by atoms with Crippen molar-refractivity contribution < 1.29 is 24.2 Å². The Morgan fingerprint density at radius 1 is 1.45 bits per heavy atom. The molecule has 0 aliphatic heterocycles. The molecule has 0 unspecified atom stereocenters. The van der Waals surface area contributed by atoms with Crippen molar-refractivity contribution in [1.82, 2.24) is 10.3 Å². The molecule has 20 heavy (non-hydrogen) atoms. The lowest BCUT2D eigenvalue weighted by Gasteiger charge is -2.06. The monoisotopic (exact) mass is 279 g/mol. The molecule has 0 saturated heterocycles. The average Bonchev–Trinajstić information content (AvgIpc) is 2.41. The second-order valence-corrected chi connectivity index (χ2v) is 3.54. The van der Waals surface area contributed by atoms with E-state index in [2.05, 4.69) is 15.0 Å². The second kappa shape index (κ2) is 7.52. The molecule has 0 aromatic carbocycles. The minimum absolute atomic E-state index is 0.0613. The SMILES string of the molecule is NC(=O)OCCNC(=O)c1ncccc1/C=C/C(=O)O. The number of nitrogens with one attached hydrogen (secondary N) is 1. The van der Waals surface area contributed by atoms with Gasteiger partial charge >= 0.3 is 12.1 Å². The van der Waals surface area contributed by atoms with E-state index >= 15 is 0 Å². The van der Waals surface area contributed by atoms with E-state index in [0.29, 0.717) is 5.56 Å². The smallest absolute Gasteiger partial charge is 0.404 e. The van der Waals surface area contributed by atoms with E-state index in [9.17, 15) is 14.4 Å². The van der Waals surface area contributed by atoms with Crippen LogP contribution in [0, 0.1) is 0 Å². The third-order valence-corrected chi connectivity index (χ3v) is 2.09. The Labute approximate surface area is 114 Å². The highest BCUT2D eigenvalue weighted by Crippen LogP contribution is 2.07. The summed E-state index contributed by atoms with van der Waals surface area (Å²) in [5, 5.41) is 11.0. The van der Waals surface area contributed by atoms with Gasteiger partial charge in [0.15, 0.2) is 0 Å². The van der Waals surface area contributed by atoms with Crippen molar-refractivity contribution in [3.63, 3.8) is 0 Å². The van der Waals surface area contributed by atoms with Gasteiger partial charge in [-0.1, -0.05) is 6.07 Å². The number of rotatable bonds is 6. The average molecular weight is 279 g/mol. The van der Waals surface area contributed by atoms with Gasteiger partial charge in [-0.25, -0.2) is 9.59 Å². The summed E-state index contributed by atoms with van der Waals surface area (Å²) in [5.74, 6) is -1.64. The Balaban J connectivity index is 2.68. The molecular weight excluding hydrogens is 266 g/mol. The van der Waals surface area contributed by atoms with Crippen LogP contribution in [0.4, 0.5) is 4.79 Å². The van der Waals surface area contributed by atoms with E-state index in [0.717, 1.165) is 6.08 Å². The van der Waals surface area contributed by atoms with E-state index in [4.69, 9.17) is 10.8 Å². The molecule has 0 fully saturated rings. The maximum Gasteiger partial charge on any atom is 0.404 e. The van der Waals surface area contributed by atoms with Gasteiger partial charge < -0.3 is 20.9 Å². The standard InChI is InChI=1S/C12H13N3O5/c13-12(19)20-7-6-15-11(18)10-8(2-1-5-14-10)3-4-9(16)17/h1-5H,6-7H2,(H2,13,19)(H,15,18)(H,16,17)/b4-3+. The molecule has 1 aromatic rings. The fourth-order valence-corrected chi connectivity index (χ4v) is 1.30. The summed E-state index contributed by atoms with van der Waals surface area (Å²) in [4.78, 5) is 36.5. The second-order valence-electron chi connectivity index (χ2n) is 3.54. The lowest BCUT2D eigenvalue weighted by molar-refractivity contribution is -0.131. The van der Waals surface area contributed by atoms with Crippen molar-refractivity contribution in [3.8, 4) is 0 Å². The van der Waals surface area contributed by atoms with E-state index in [1.807, 2.05) is 0 Å². The van der Waals surface area contributed by atoms with Crippen LogP contribution in [0.3, 0.4) is 0 Å². The molecule has 0 aliphatic rings. The van der Waals surface area contributed by atoms with Gasteiger partial charge in [0.1, 0.15) is 12.3 Å². The Hall–Kier alpha value is -2.90. The number of carbonyl (C=O) groups is 3. The van der Waals surface area contributed by atoms with Gasteiger partial charge in [0.05, 0.1) is 6.54 Å². The third-order valence-electron chi connectivity index (χ3n) is 2.09. The van der Waals surface area contributed by atoms with Crippen molar-refractivity contribution in [2.45, 2.75) is 0 Å². The van der Waals surface area contributed by atoms with E-state index in [-0.39, 0.29) is 18.8 Å². The van der Waals surface area contributed by atoms with Gasteiger partial charge in [-0.2, -0.15) is 0 Å². The van der Waals surface area contributed by atoms with Crippen molar-refractivity contribution >= 4 is 24.0 Å². The number of hydrogen-bond donors (Lipinski definition) is 3. The molecule has 0 bridgehead atoms. The van der Waals surface area contributed by atoms with E-state index in [1.54, 1.807) is 12.1 Å². The number of carboxylic acid groups (broad SMARTS) is 1. The summed E-state index contributed by atoms with van der Waals surface area (Å²) in [6, 6.07) is 3.13. The van der Waals surface area contributed by atoms with Gasteiger partial charge in [-0.05, 0) is 12.1 Å². The first-order valence-corrected chi connectivity index (χ1v) is 5.57. The van der Waals surface area contributed by atoms with Crippen molar-refractivity contribution in [3.05, 3.63) is 35.7 Å². The van der Waals surface area contributed by atoms with Gasteiger partial charge in [-0.15, -0.1) is 0 Å². The number of carboxylic acids is 1. The lowest BCUT2D eigenvalue weighted by atomic mass is 10.1. The highest BCUT2D eigenvalue weighted by atomic mass is 16.5. The predicted octanol–water partition coefficient (Wildman–Crippen LogP) is 0.00450. The molecule has 1 rings (SSSR count). The molecule has 106 valence electrons. The minimum Gasteiger partial charge on any atom is -0.478 e. The normalized spacial score (nSPS) is 10.2. The zero-order valence-corrected chi connectivity index (χ0v) is 10.4. The number of primary amides is 1. The largest absolute Gasteiger partial charge is 0.478 e. The molecule has 0 radical (unpaired) electrons. The molecule has 0 saturated carbocycles. The summed E-state index contributed by atoms with van der Waals surface area (Å²) in [5.41, 5.74) is 5.20. The van der Waals surface area contributed by atoms with Gasteiger partial charge in [0, 0.05) is 17.8 Å². The number of ether oxygens (including phenoxy) is 1. The fraction of sp³-hybridized carbons (Fsp3) is 0.167. The van der Waals surface area contributed by atoms with Gasteiger partial charge in [0.2, 0.25) is 0 Å². The number of pyridine rings is 1. The number of hydrogen-bond acceptors (Lipinski definition) is 5. The molecule has 2 amide bonds. The number of amides is 2. The number of nitrogens with zero attached hydrogens (tertiary/aromatic N) is 1. The predicted molar refractivity (Wildman–Crippen MR) is 68.8 cm³/mol. The highest BCUT2D eigenvalue weighted by Gasteiger charge is 2.10. The third kappa shape index (κ3) is 5.17. The molecule has 1 heterocycles. The molecule has 0 aliphatic carbocycles. The fourth-order valence-electron chi connectivity index (χ4n) is 1.30. The Morgan fingerprint density at radius 3 is 2.85 bits per heavy atom. The highest BCUT2D eigenvalue weighted by molar-refractivity contribution is 5.97. The topological polar surface area (TPSA) is 132 Å². The summed E-state index contributed by atoms with van der Waals surface area (Å²) in [7, 11) is 0. The van der Waals surface area contributed by atoms with Crippen molar-refractivity contribution in [2.75, 3.05) is 13.2 Å². The van der Waals surface area contributed by atoms with Crippen LogP contribution in [0.25, 0.3) is 6.08 Å². The van der Waals surface area contributed by atoms with E-state index in [1.165, 1.54) is 12.3 Å². The number of aromatic nitrogens is 1. The van der Waals surface area contributed by atoms with Crippen LogP contribution in [0.5, 0.6) is 0 Å². The summed E-state index contributed by atoms with van der Waals surface area (Å²) in [6.07, 6.45) is 2.66. The summed E-state index contributed by atoms with van der Waals surface area (Å²) >= 11 is 0. The first-order valence-electron chi connectivity index (χ1n) is 5.57. The molecule has 8 heteroatoms. The summed E-state index contributed by atoms with van der Waals surface area (Å²) < 4.78 is 4.45. The van der Waals surface area contributed by atoms with E-state index < -0.39 is 18.0 Å². The van der Waals surface area contributed by atoms with Gasteiger partial charge in [0.25, 0.3) is 5.91 Å². The number of aliphatic carboxylic acids is 1. The van der Waals surface area contributed by atoms with Crippen molar-refractivity contribution in [1.29, 1.82) is 0 Å². The molecule has 8 nitrogen and oxygen atoms in total. The van der Waals surface area contributed by atoms with Crippen LogP contribution in [0.2, 0.25) is 0 Å². The molecule has 0 spiro atoms. The van der Waals surface area contributed by atoms with Crippen LogP contribution in [0.15, 0.2) is 24.4 Å². The molecular formula is C12H13N3O5.